The van der Waals surface area contributed by atoms with E-state index in [1.165, 1.54) is 17.2 Å². The van der Waals surface area contributed by atoms with E-state index in [4.69, 9.17) is 14.2 Å². The van der Waals surface area contributed by atoms with Crippen LogP contribution in [-0.2, 0) is 21.7 Å². The van der Waals surface area contributed by atoms with Gasteiger partial charge in [-0.15, -0.1) is 0 Å². The van der Waals surface area contributed by atoms with Crippen LogP contribution in [0, 0.1) is 0 Å². The molecular formula is C25H28O3. The maximum atomic E-state index is 6.13. The minimum absolute atomic E-state index is 0.0713. The summed E-state index contributed by atoms with van der Waals surface area (Å²) in [4.78, 5) is 0. The van der Waals surface area contributed by atoms with E-state index in [0.29, 0.717) is 6.61 Å². The Morgan fingerprint density at radius 1 is 0.893 bits per heavy atom. The predicted octanol–water partition coefficient (Wildman–Crippen LogP) is 5.85. The number of benzene rings is 3. The van der Waals surface area contributed by atoms with Crippen LogP contribution in [0.3, 0.4) is 0 Å². The monoisotopic (exact) mass is 376 g/mol. The molecule has 1 aliphatic carbocycles. The molecule has 0 heterocycles. The number of hydrogen-bond acceptors (Lipinski definition) is 3. The van der Waals surface area contributed by atoms with E-state index < -0.39 is 5.60 Å². The summed E-state index contributed by atoms with van der Waals surface area (Å²) in [7, 11) is 3.57. The molecule has 28 heavy (non-hydrogen) atoms. The number of ether oxygens (including phenoxy) is 3. The van der Waals surface area contributed by atoms with Gasteiger partial charge in [-0.05, 0) is 52.9 Å². The molecule has 3 nitrogen and oxygen atoms in total. The molecule has 2 atom stereocenters. The molecular weight excluding hydrogens is 348 g/mol. The van der Waals surface area contributed by atoms with Crippen LogP contribution in [0.1, 0.15) is 36.8 Å². The van der Waals surface area contributed by atoms with Crippen molar-refractivity contribution in [3.8, 4) is 5.75 Å². The van der Waals surface area contributed by atoms with Gasteiger partial charge in [0.05, 0.1) is 6.10 Å². The Morgan fingerprint density at radius 3 is 2.57 bits per heavy atom. The molecule has 1 aliphatic rings. The van der Waals surface area contributed by atoms with E-state index in [9.17, 15) is 0 Å². The molecule has 0 N–H and O–H groups in total. The molecule has 2 unspecified atom stereocenters. The molecule has 3 aromatic carbocycles. The fraction of sp³-hybridized carbons (Fsp3) is 0.360. The molecule has 1 saturated carbocycles. The highest BCUT2D eigenvalue weighted by molar-refractivity contribution is 5.82. The fourth-order valence-corrected chi connectivity index (χ4v) is 4.45. The van der Waals surface area contributed by atoms with Crippen molar-refractivity contribution >= 4 is 10.8 Å². The second-order valence-electron chi connectivity index (χ2n) is 7.56. The quantitative estimate of drug-likeness (QED) is 0.540. The lowest BCUT2D eigenvalue weighted by atomic mass is 9.77. The van der Waals surface area contributed by atoms with Crippen molar-refractivity contribution in [1.82, 2.24) is 0 Å². The van der Waals surface area contributed by atoms with Crippen LogP contribution in [0.25, 0.3) is 10.8 Å². The van der Waals surface area contributed by atoms with Crippen molar-refractivity contribution in [2.75, 3.05) is 14.2 Å². The smallest absolute Gasteiger partial charge is 0.120 e. The van der Waals surface area contributed by atoms with Crippen LogP contribution in [0.2, 0.25) is 0 Å². The SMILES string of the molecule is COC1CCCCC1(OC)c1cccc(OCc2ccc3ccccc3c2)c1. The fourth-order valence-electron chi connectivity index (χ4n) is 4.45. The van der Waals surface area contributed by atoms with Crippen molar-refractivity contribution in [3.05, 3.63) is 77.9 Å². The average Bonchev–Trinajstić information content (AvgIpc) is 2.77. The Bertz CT molecular complexity index is 936. The number of fused-ring (bicyclic) bond motifs is 1. The largest absolute Gasteiger partial charge is 0.489 e. The van der Waals surface area contributed by atoms with Gasteiger partial charge in [0, 0.05) is 14.2 Å². The molecule has 0 bridgehead atoms. The summed E-state index contributed by atoms with van der Waals surface area (Å²) in [5.74, 6) is 0.863. The zero-order valence-corrected chi connectivity index (χ0v) is 16.7. The van der Waals surface area contributed by atoms with Gasteiger partial charge in [-0.1, -0.05) is 61.4 Å². The highest BCUT2D eigenvalue weighted by Gasteiger charge is 2.43. The van der Waals surface area contributed by atoms with Crippen LogP contribution in [0.5, 0.6) is 5.75 Å². The first kappa shape index (κ1) is 19.0. The van der Waals surface area contributed by atoms with E-state index in [0.717, 1.165) is 36.1 Å². The molecule has 146 valence electrons. The topological polar surface area (TPSA) is 27.7 Å². The van der Waals surface area contributed by atoms with Crippen LogP contribution >= 0.6 is 0 Å². The molecule has 1 fully saturated rings. The lowest BCUT2D eigenvalue weighted by Gasteiger charge is -2.42. The summed E-state index contributed by atoms with van der Waals surface area (Å²) in [5, 5.41) is 2.49. The maximum absolute atomic E-state index is 6.13. The summed E-state index contributed by atoms with van der Waals surface area (Å²) in [5.41, 5.74) is 1.91. The highest BCUT2D eigenvalue weighted by Crippen LogP contribution is 2.42. The Kier molecular flexibility index (Phi) is 5.65. The van der Waals surface area contributed by atoms with Gasteiger partial charge in [0.2, 0.25) is 0 Å². The second kappa shape index (κ2) is 8.34. The van der Waals surface area contributed by atoms with Gasteiger partial charge in [-0.3, -0.25) is 0 Å². The molecule has 0 radical (unpaired) electrons. The van der Waals surface area contributed by atoms with Gasteiger partial charge >= 0.3 is 0 Å². The molecule has 0 spiro atoms. The van der Waals surface area contributed by atoms with Crippen LogP contribution < -0.4 is 4.74 Å². The van der Waals surface area contributed by atoms with Gasteiger partial charge in [-0.25, -0.2) is 0 Å². The van der Waals surface area contributed by atoms with Crippen LogP contribution in [0.4, 0.5) is 0 Å². The van der Waals surface area contributed by atoms with Crippen LogP contribution in [-0.4, -0.2) is 20.3 Å². The third-order valence-corrected chi connectivity index (χ3v) is 5.98. The standard InChI is InChI=1S/C25H28O3/c1-26-24-12-5-6-15-25(24,27-2)22-10-7-11-23(17-22)28-18-19-13-14-20-8-3-4-9-21(20)16-19/h3-4,7-11,13-14,16-17,24H,5-6,12,15,18H2,1-2H3. The molecule has 3 heteroatoms. The van der Waals surface area contributed by atoms with Gasteiger partial charge in [0.25, 0.3) is 0 Å². The third kappa shape index (κ3) is 3.65. The number of hydrogen-bond donors (Lipinski definition) is 0. The van der Waals surface area contributed by atoms with Crippen molar-refractivity contribution in [3.63, 3.8) is 0 Å². The van der Waals surface area contributed by atoms with E-state index in [1.807, 2.05) is 12.1 Å². The normalized spacial score (nSPS) is 22.3. The van der Waals surface area contributed by atoms with Gasteiger partial charge in [0.15, 0.2) is 0 Å². The zero-order chi connectivity index (χ0) is 19.4. The molecule has 0 aromatic heterocycles. The molecule has 3 aromatic rings. The van der Waals surface area contributed by atoms with Gasteiger partial charge in [0.1, 0.15) is 18.0 Å². The Labute approximate surface area is 167 Å². The Balaban J connectivity index is 1.54. The first-order valence-electron chi connectivity index (χ1n) is 10.0. The van der Waals surface area contributed by atoms with E-state index in [-0.39, 0.29) is 6.10 Å². The summed E-state index contributed by atoms with van der Waals surface area (Å²) in [6, 6.07) is 23.2. The summed E-state index contributed by atoms with van der Waals surface area (Å²) in [6.07, 6.45) is 4.39. The van der Waals surface area contributed by atoms with Crippen molar-refractivity contribution in [2.24, 2.45) is 0 Å². The highest BCUT2D eigenvalue weighted by atomic mass is 16.5. The lowest BCUT2D eigenvalue weighted by Crippen LogP contribution is -2.45. The van der Waals surface area contributed by atoms with Crippen molar-refractivity contribution in [1.29, 1.82) is 0 Å². The summed E-state index contributed by atoms with van der Waals surface area (Å²) >= 11 is 0. The Hall–Kier alpha value is -2.36. The molecule has 0 aliphatic heterocycles. The first-order chi connectivity index (χ1) is 13.7. The zero-order valence-electron chi connectivity index (χ0n) is 16.7. The summed E-state index contributed by atoms with van der Waals surface area (Å²) < 4.78 is 18.0. The molecule has 4 rings (SSSR count). The summed E-state index contributed by atoms with van der Waals surface area (Å²) in [6.45, 7) is 0.544. The average molecular weight is 376 g/mol. The first-order valence-corrected chi connectivity index (χ1v) is 10.0. The molecule has 0 amide bonds. The minimum atomic E-state index is -0.394. The van der Waals surface area contributed by atoms with Crippen molar-refractivity contribution < 1.29 is 14.2 Å². The number of methoxy groups -OCH3 is 2. The van der Waals surface area contributed by atoms with Gasteiger partial charge < -0.3 is 14.2 Å². The minimum Gasteiger partial charge on any atom is -0.489 e. The van der Waals surface area contributed by atoms with E-state index in [1.54, 1.807) is 14.2 Å². The Morgan fingerprint density at radius 2 is 1.75 bits per heavy atom. The number of rotatable bonds is 6. The third-order valence-electron chi connectivity index (χ3n) is 5.98. The second-order valence-corrected chi connectivity index (χ2v) is 7.56. The van der Waals surface area contributed by atoms with E-state index in [2.05, 4.69) is 54.6 Å². The lowest BCUT2D eigenvalue weighted by molar-refractivity contribution is -0.144. The van der Waals surface area contributed by atoms with E-state index >= 15 is 0 Å². The maximum Gasteiger partial charge on any atom is 0.120 e. The van der Waals surface area contributed by atoms with Gasteiger partial charge in [-0.2, -0.15) is 0 Å². The van der Waals surface area contributed by atoms with Crippen LogP contribution in [0.15, 0.2) is 66.7 Å². The van der Waals surface area contributed by atoms with Crippen molar-refractivity contribution in [2.45, 2.75) is 44.0 Å². The molecule has 0 saturated heterocycles. The predicted molar refractivity (Wildman–Crippen MR) is 113 cm³/mol.